The van der Waals surface area contributed by atoms with Crippen LogP contribution < -0.4 is 5.32 Å². The molecule has 0 radical (unpaired) electrons. The Kier molecular flexibility index (Phi) is 5.70. The summed E-state index contributed by atoms with van der Waals surface area (Å²) < 4.78 is 6.94. The molecule has 2 atom stereocenters. The number of hydrogen-bond acceptors (Lipinski definition) is 2. The largest absolute Gasteiger partial charge is 0.373 e. The Bertz CT molecular complexity index is 425. The first-order chi connectivity index (χ1) is 9.08. The number of halogens is 2. The minimum absolute atomic E-state index is 0.175. The standard InChI is InChI=1S/C15H21BrClNO/c1-10(2)18-9-12-4-3-7-19-15(12)11-5-6-14(17)13(16)8-11/h5-6,8,10,12,15,18H,3-4,7,9H2,1-2H3. The number of ether oxygens (including phenoxy) is 1. The Labute approximate surface area is 129 Å². The molecule has 1 saturated heterocycles. The molecular weight excluding hydrogens is 326 g/mol. The van der Waals surface area contributed by atoms with Gasteiger partial charge in [0.15, 0.2) is 0 Å². The van der Waals surface area contributed by atoms with Crippen LogP contribution in [-0.4, -0.2) is 19.2 Å². The molecular formula is C15H21BrClNO. The van der Waals surface area contributed by atoms with Gasteiger partial charge < -0.3 is 10.1 Å². The molecule has 4 heteroatoms. The fourth-order valence-corrected chi connectivity index (χ4v) is 3.01. The first-order valence-electron chi connectivity index (χ1n) is 6.88. The van der Waals surface area contributed by atoms with E-state index < -0.39 is 0 Å². The molecule has 0 saturated carbocycles. The van der Waals surface area contributed by atoms with Crippen molar-refractivity contribution in [3.8, 4) is 0 Å². The smallest absolute Gasteiger partial charge is 0.0865 e. The summed E-state index contributed by atoms with van der Waals surface area (Å²) >= 11 is 9.55. The van der Waals surface area contributed by atoms with Gasteiger partial charge in [-0.2, -0.15) is 0 Å². The van der Waals surface area contributed by atoms with E-state index in [-0.39, 0.29) is 6.10 Å². The molecule has 1 heterocycles. The molecule has 2 unspecified atom stereocenters. The van der Waals surface area contributed by atoms with Crippen LogP contribution in [-0.2, 0) is 4.74 Å². The van der Waals surface area contributed by atoms with Gasteiger partial charge >= 0.3 is 0 Å². The summed E-state index contributed by atoms with van der Waals surface area (Å²) in [6, 6.07) is 6.61. The minimum atomic E-state index is 0.175. The molecule has 1 aliphatic heterocycles. The lowest BCUT2D eigenvalue weighted by atomic mass is 9.89. The highest BCUT2D eigenvalue weighted by Gasteiger charge is 2.27. The third kappa shape index (κ3) is 4.19. The van der Waals surface area contributed by atoms with Crippen LogP contribution in [0, 0.1) is 5.92 Å². The van der Waals surface area contributed by atoms with Gasteiger partial charge in [-0.25, -0.2) is 0 Å². The Hall–Kier alpha value is -0.0900. The molecule has 1 aliphatic rings. The Morgan fingerprint density at radius 1 is 1.47 bits per heavy atom. The third-order valence-electron chi connectivity index (χ3n) is 3.51. The maximum Gasteiger partial charge on any atom is 0.0865 e. The van der Waals surface area contributed by atoms with Gasteiger partial charge in [-0.05, 0) is 46.5 Å². The maximum absolute atomic E-state index is 6.06. The fraction of sp³-hybridized carbons (Fsp3) is 0.600. The van der Waals surface area contributed by atoms with Crippen molar-refractivity contribution in [2.75, 3.05) is 13.2 Å². The van der Waals surface area contributed by atoms with E-state index in [1.165, 1.54) is 12.0 Å². The van der Waals surface area contributed by atoms with E-state index in [4.69, 9.17) is 16.3 Å². The van der Waals surface area contributed by atoms with E-state index in [9.17, 15) is 0 Å². The molecule has 0 spiro atoms. The highest BCUT2D eigenvalue weighted by molar-refractivity contribution is 9.10. The van der Waals surface area contributed by atoms with Crippen LogP contribution in [0.5, 0.6) is 0 Å². The van der Waals surface area contributed by atoms with Gasteiger partial charge in [0.25, 0.3) is 0 Å². The summed E-state index contributed by atoms with van der Waals surface area (Å²) in [6.07, 6.45) is 2.54. The quantitative estimate of drug-likeness (QED) is 0.862. The Morgan fingerprint density at radius 3 is 2.95 bits per heavy atom. The van der Waals surface area contributed by atoms with Crippen molar-refractivity contribution in [3.05, 3.63) is 33.3 Å². The molecule has 1 aromatic carbocycles. The summed E-state index contributed by atoms with van der Waals surface area (Å²) in [5, 5.41) is 4.27. The van der Waals surface area contributed by atoms with Gasteiger partial charge in [0.1, 0.15) is 0 Å². The van der Waals surface area contributed by atoms with Gasteiger partial charge in [-0.1, -0.05) is 31.5 Å². The average Bonchev–Trinajstić information content (AvgIpc) is 2.40. The highest BCUT2D eigenvalue weighted by atomic mass is 79.9. The van der Waals surface area contributed by atoms with Crippen molar-refractivity contribution in [1.82, 2.24) is 5.32 Å². The Balaban J connectivity index is 2.11. The molecule has 0 aliphatic carbocycles. The zero-order valence-electron chi connectivity index (χ0n) is 11.5. The van der Waals surface area contributed by atoms with E-state index in [0.717, 1.165) is 29.1 Å². The zero-order valence-corrected chi connectivity index (χ0v) is 13.8. The normalized spacial score (nSPS) is 23.8. The molecule has 2 nitrogen and oxygen atoms in total. The number of rotatable bonds is 4. The minimum Gasteiger partial charge on any atom is -0.373 e. The summed E-state index contributed by atoms with van der Waals surface area (Å²) in [5.74, 6) is 0.532. The van der Waals surface area contributed by atoms with Crippen molar-refractivity contribution >= 4 is 27.5 Å². The van der Waals surface area contributed by atoms with E-state index in [0.29, 0.717) is 12.0 Å². The van der Waals surface area contributed by atoms with Crippen LogP contribution in [0.3, 0.4) is 0 Å². The summed E-state index contributed by atoms with van der Waals surface area (Å²) in [4.78, 5) is 0. The third-order valence-corrected chi connectivity index (χ3v) is 4.72. The lowest BCUT2D eigenvalue weighted by molar-refractivity contribution is -0.0282. The highest BCUT2D eigenvalue weighted by Crippen LogP contribution is 2.35. The predicted octanol–water partition coefficient (Wildman–Crippen LogP) is 4.57. The molecule has 0 bridgehead atoms. The van der Waals surface area contributed by atoms with Crippen LogP contribution in [0.2, 0.25) is 5.02 Å². The van der Waals surface area contributed by atoms with E-state index in [2.05, 4.69) is 47.2 Å². The number of benzene rings is 1. The van der Waals surface area contributed by atoms with Gasteiger partial charge in [-0.3, -0.25) is 0 Å². The van der Waals surface area contributed by atoms with Crippen molar-refractivity contribution in [3.63, 3.8) is 0 Å². The van der Waals surface area contributed by atoms with Crippen LogP contribution in [0.15, 0.2) is 22.7 Å². The summed E-state index contributed by atoms with van der Waals surface area (Å²) in [6.45, 7) is 6.21. The average molecular weight is 347 g/mol. The molecule has 2 rings (SSSR count). The molecule has 19 heavy (non-hydrogen) atoms. The number of nitrogens with one attached hydrogen (secondary N) is 1. The SMILES string of the molecule is CC(C)NCC1CCCOC1c1ccc(Cl)c(Br)c1. The molecule has 1 fully saturated rings. The first kappa shape index (κ1) is 15.3. The van der Waals surface area contributed by atoms with Gasteiger partial charge in [-0.15, -0.1) is 0 Å². The van der Waals surface area contributed by atoms with Crippen molar-refractivity contribution < 1.29 is 4.74 Å². The lowest BCUT2D eigenvalue weighted by Crippen LogP contribution is -2.35. The van der Waals surface area contributed by atoms with E-state index in [1.54, 1.807) is 0 Å². The van der Waals surface area contributed by atoms with Crippen LogP contribution in [0.4, 0.5) is 0 Å². The van der Waals surface area contributed by atoms with Crippen molar-refractivity contribution in [1.29, 1.82) is 0 Å². The second-order valence-corrected chi connectivity index (χ2v) is 6.69. The predicted molar refractivity (Wildman–Crippen MR) is 83.7 cm³/mol. The van der Waals surface area contributed by atoms with E-state index in [1.807, 2.05) is 6.07 Å². The topological polar surface area (TPSA) is 21.3 Å². The number of hydrogen-bond donors (Lipinski definition) is 1. The molecule has 0 amide bonds. The van der Waals surface area contributed by atoms with Crippen molar-refractivity contribution in [2.24, 2.45) is 5.92 Å². The fourth-order valence-electron chi connectivity index (χ4n) is 2.50. The van der Waals surface area contributed by atoms with E-state index >= 15 is 0 Å². The van der Waals surface area contributed by atoms with Gasteiger partial charge in [0.05, 0.1) is 11.1 Å². The summed E-state index contributed by atoms with van der Waals surface area (Å²) in [5.41, 5.74) is 1.21. The molecule has 106 valence electrons. The Morgan fingerprint density at radius 2 is 2.26 bits per heavy atom. The van der Waals surface area contributed by atoms with Crippen molar-refractivity contribution in [2.45, 2.75) is 38.8 Å². The first-order valence-corrected chi connectivity index (χ1v) is 8.05. The van der Waals surface area contributed by atoms with Crippen LogP contribution >= 0.6 is 27.5 Å². The monoisotopic (exact) mass is 345 g/mol. The van der Waals surface area contributed by atoms with Crippen LogP contribution in [0.1, 0.15) is 38.4 Å². The lowest BCUT2D eigenvalue weighted by Gasteiger charge is -2.33. The second-order valence-electron chi connectivity index (χ2n) is 5.43. The van der Waals surface area contributed by atoms with Crippen LogP contribution in [0.25, 0.3) is 0 Å². The maximum atomic E-state index is 6.06. The summed E-state index contributed by atoms with van der Waals surface area (Å²) in [7, 11) is 0. The second kappa shape index (κ2) is 7.07. The molecule has 1 N–H and O–H groups in total. The zero-order chi connectivity index (χ0) is 13.8. The van der Waals surface area contributed by atoms with Gasteiger partial charge in [0.2, 0.25) is 0 Å². The van der Waals surface area contributed by atoms with Gasteiger partial charge in [0, 0.05) is 29.6 Å². The molecule has 0 aromatic heterocycles. The molecule has 1 aromatic rings.